The normalized spacial score (nSPS) is 19.9. The zero-order valence-corrected chi connectivity index (χ0v) is 13.1. The smallest absolute Gasteiger partial charge is 0.332 e. The first-order chi connectivity index (χ1) is 10.5. The third-order valence-corrected chi connectivity index (χ3v) is 4.34. The molecule has 2 unspecified atom stereocenters. The van der Waals surface area contributed by atoms with Crippen molar-refractivity contribution in [3.05, 3.63) is 26.7 Å². The summed E-state index contributed by atoms with van der Waals surface area (Å²) in [5.41, 5.74) is 5.68. The van der Waals surface area contributed by atoms with Crippen LogP contribution in [0.15, 0.2) is 9.59 Å². The summed E-state index contributed by atoms with van der Waals surface area (Å²) in [5.74, 6) is 0.692. The molecular weight excluding hydrogens is 286 g/mol. The van der Waals surface area contributed by atoms with E-state index in [1.807, 2.05) is 0 Å². The number of imidazole rings is 1. The highest BCUT2D eigenvalue weighted by Crippen LogP contribution is 2.28. The summed E-state index contributed by atoms with van der Waals surface area (Å²) in [4.78, 5) is 29.7. The molecule has 0 aliphatic carbocycles. The molecule has 2 aromatic heterocycles. The van der Waals surface area contributed by atoms with Crippen molar-refractivity contribution in [2.75, 3.05) is 13.2 Å². The van der Waals surface area contributed by atoms with Crippen LogP contribution in [-0.2, 0) is 18.8 Å². The van der Waals surface area contributed by atoms with Gasteiger partial charge >= 0.3 is 5.69 Å². The van der Waals surface area contributed by atoms with Crippen LogP contribution in [0.2, 0.25) is 0 Å². The number of ether oxygens (including phenoxy) is 1. The molecule has 1 aliphatic rings. The Bertz CT molecular complexity index is 826. The van der Waals surface area contributed by atoms with Crippen LogP contribution < -0.4 is 17.0 Å². The zero-order valence-electron chi connectivity index (χ0n) is 13.1. The summed E-state index contributed by atoms with van der Waals surface area (Å²) in [7, 11) is 3.41. The average Bonchev–Trinajstić information content (AvgIpc) is 3.12. The maximum Gasteiger partial charge on any atom is 0.332 e. The molecule has 0 saturated carbocycles. The molecule has 120 valence electrons. The molecule has 1 aliphatic heterocycles. The van der Waals surface area contributed by atoms with E-state index in [0.717, 1.165) is 12.8 Å². The first-order valence-corrected chi connectivity index (χ1v) is 7.46. The topological polar surface area (TPSA) is 97.1 Å². The van der Waals surface area contributed by atoms with Gasteiger partial charge in [0.15, 0.2) is 11.2 Å². The van der Waals surface area contributed by atoms with Crippen LogP contribution in [0.3, 0.4) is 0 Å². The Morgan fingerprint density at radius 2 is 2.09 bits per heavy atom. The van der Waals surface area contributed by atoms with E-state index in [2.05, 4.69) is 4.98 Å². The molecule has 2 N–H and O–H groups in total. The minimum Gasteiger partial charge on any atom is -0.370 e. The number of rotatable bonds is 3. The second-order valence-electron chi connectivity index (χ2n) is 5.80. The monoisotopic (exact) mass is 307 g/mol. The van der Waals surface area contributed by atoms with Crippen LogP contribution in [0.4, 0.5) is 0 Å². The molecule has 1 fully saturated rings. The highest BCUT2D eigenvalue weighted by Gasteiger charge is 2.26. The van der Waals surface area contributed by atoms with E-state index in [1.165, 1.54) is 9.13 Å². The van der Waals surface area contributed by atoms with E-state index in [-0.39, 0.29) is 24.2 Å². The summed E-state index contributed by atoms with van der Waals surface area (Å²) in [5, 5.41) is 0. The lowest BCUT2D eigenvalue weighted by molar-refractivity contribution is 0.103. The quantitative estimate of drug-likeness (QED) is 0.847. The molecule has 8 heteroatoms. The maximum atomic E-state index is 12.7. The van der Waals surface area contributed by atoms with Crippen molar-refractivity contribution in [3.63, 3.8) is 0 Å². The average molecular weight is 307 g/mol. The second-order valence-corrected chi connectivity index (χ2v) is 5.80. The molecule has 0 bridgehead atoms. The number of aromatic nitrogens is 4. The summed E-state index contributed by atoms with van der Waals surface area (Å²) in [6.45, 7) is 2.67. The minimum atomic E-state index is -0.396. The Kier molecular flexibility index (Phi) is 3.65. The minimum absolute atomic E-state index is 0.118. The van der Waals surface area contributed by atoms with Crippen molar-refractivity contribution in [1.29, 1.82) is 0 Å². The third kappa shape index (κ3) is 2.02. The maximum absolute atomic E-state index is 12.7. The zero-order chi connectivity index (χ0) is 16.0. The van der Waals surface area contributed by atoms with Crippen LogP contribution in [0.25, 0.3) is 11.2 Å². The first kappa shape index (κ1) is 15.0. The van der Waals surface area contributed by atoms with Gasteiger partial charge in [0.05, 0.1) is 6.04 Å². The number of hydrogen-bond acceptors (Lipinski definition) is 5. The van der Waals surface area contributed by atoms with Crippen LogP contribution in [0.5, 0.6) is 0 Å². The lowest BCUT2D eigenvalue weighted by atomic mass is 10.2. The summed E-state index contributed by atoms with van der Waals surface area (Å²) >= 11 is 0. The van der Waals surface area contributed by atoms with Gasteiger partial charge in [-0.1, -0.05) is 0 Å². The van der Waals surface area contributed by atoms with Crippen molar-refractivity contribution in [2.45, 2.75) is 31.9 Å². The number of aryl methyl sites for hydroxylation is 2. The lowest BCUT2D eigenvalue weighted by Crippen LogP contribution is -2.43. The van der Waals surface area contributed by atoms with Crippen LogP contribution in [0.1, 0.15) is 37.7 Å². The standard InChI is InChI=1S/C14H21N5O3/c1-8(7-15)19-13(20)10-12(18(3)14(19)21)16-11(17(10)2)9-5-4-6-22-9/h8-9H,4-7,15H2,1-3H3. The van der Waals surface area contributed by atoms with Crippen molar-refractivity contribution >= 4 is 11.2 Å². The Morgan fingerprint density at radius 1 is 1.36 bits per heavy atom. The van der Waals surface area contributed by atoms with Gasteiger partial charge < -0.3 is 15.0 Å². The van der Waals surface area contributed by atoms with Crippen molar-refractivity contribution in [2.24, 2.45) is 19.8 Å². The molecule has 3 heterocycles. The number of nitrogens with two attached hydrogens (primary N) is 1. The molecular formula is C14H21N5O3. The molecule has 0 aromatic carbocycles. The fourth-order valence-corrected chi connectivity index (χ4v) is 2.99. The number of fused-ring (bicyclic) bond motifs is 1. The van der Waals surface area contributed by atoms with Crippen LogP contribution in [-0.4, -0.2) is 31.8 Å². The Morgan fingerprint density at radius 3 is 2.68 bits per heavy atom. The highest BCUT2D eigenvalue weighted by molar-refractivity contribution is 5.71. The van der Waals surface area contributed by atoms with Crippen LogP contribution >= 0.6 is 0 Å². The van der Waals surface area contributed by atoms with Crippen molar-refractivity contribution in [3.8, 4) is 0 Å². The van der Waals surface area contributed by atoms with E-state index >= 15 is 0 Å². The fourth-order valence-electron chi connectivity index (χ4n) is 2.99. The van der Waals surface area contributed by atoms with E-state index in [4.69, 9.17) is 10.5 Å². The van der Waals surface area contributed by atoms with Gasteiger partial charge in [-0.25, -0.2) is 9.78 Å². The summed E-state index contributed by atoms with van der Waals surface area (Å²) in [6, 6.07) is -0.364. The second kappa shape index (κ2) is 5.36. The molecule has 22 heavy (non-hydrogen) atoms. The summed E-state index contributed by atoms with van der Waals surface area (Å²) in [6.07, 6.45) is 1.73. The van der Waals surface area contributed by atoms with Gasteiger partial charge in [0.25, 0.3) is 5.56 Å². The Hall–Kier alpha value is -1.93. The first-order valence-electron chi connectivity index (χ1n) is 7.46. The SMILES string of the molecule is CC(CN)n1c(=O)c2c(nc(C3CCCO3)n2C)n(C)c1=O. The molecule has 2 aromatic rings. The van der Waals surface area contributed by atoms with Gasteiger partial charge in [-0.15, -0.1) is 0 Å². The number of hydrogen-bond donors (Lipinski definition) is 1. The van der Waals surface area contributed by atoms with Gasteiger partial charge in [-0.3, -0.25) is 13.9 Å². The largest absolute Gasteiger partial charge is 0.370 e. The predicted octanol–water partition coefficient (Wildman–Crippen LogP) is -0.195. The number of nitrogens with zero attached hydrogens (tertiary/aromatic N) is 4. The van der Waals surface area contributed by atoms with E-state index in [1.54, 1.807) is 25.6 Å². The van der Waals surface area contributed by atoms with E-state index in [0.29, 0.717) is 23.6 Å². The van der Waals surface area contributed by atoms with Gasteiger partial charge in [0.1, 0.15) is 11.9 Å². The van der Waals surface area contributed by atoms with E-state index < -0.39 is 5.69 Å². The molecule has 3 rings (SSSR count). The van der Waals surface area contributed by atoms with E-state index in [9.17, 15) is 9.59 Å². The molecule has 0 radical (unpaired) electrons. The third-order valence-electron chi connectivity index (χ3n) is 4.34. The molecule has 8 nitrogen and oxygen atoms in total. The van der Waals surface area contributed by atoms with Gasteiger partial charge in [0, 0.05) is 27.2 Å². The molecule has 0 amide bonds. The lowest BCUT2D eigenvalue weighted by Gasteiger charge is -2.13. The van der Waals surface area contributed by atoms with Gasteiger partial charge in [-0.2, -0.15) is 0 Å². The molecule has 2 atom stereocenters. The molecule has 0 spiro atoms. The molecule has 1 saturated heterocycles. The predicted molar refractivity (Wildman–Crippen MR) is 81.9 cm³/mol. The van der Waals surface area contributed by atoms with Crippen molar-refractivity contribution < 1.29 is 4.74 Å². The highest BCUT2D eigenvalue weighted by atomic mass is 16.5. The van der Waals surface area contributed by atoms with Gasteiger partial charge in [0.2, 0.25) is 0 Å². The summed E-state index contributed by atoms with van der Waals surface area (Å²) < 4.78 is 10.0. The Labute approximate surface area is 127 Å². The fraction of sp³-hybridized carbons (Fsp3) is 0.643. The van der Waals surface area contributed by atoms with Gasteiger partial charge in [-0.05, 0) is 19.8 Å². The Balaban J connectivity index is 2.34. The van der Waals surface area contributed by atoms with Crippen LogP contribution in [0, 0.1) is 0 Å². The van der Waals surface area contributed by atoms with Crippen molar-refractivity contribution in [1.82, 2.24) is 18.7 Å².